The predicted octanol–water partition coefficient (Wildman–Crippen LogP) is 4.81. The van der Waals surface area contributed by atoms with Gasteiger partial charge in [0.05, 0.1) is 12.6 Å². The zero-order chi connectivity index (χ0) is 25.9. The van der Waals surface area contributed by atoms with E-state index in [1.807, 2.05) is 20.8 Å². The summed E-state index contributed by atoms with van der Waals surface area (Å²) in [6, 6.07) is 8.69. The van der Waals surface area contributed by atoms with Crippen LogP contribution in [0.4, 0.5) is 15.0 Å². The van der Waals surface area contributed by atoms with Crippen molar-refractivity contribution < 1.29 is 28.2 Å². The summed E-state index contributed by atoms with van der Waals surface area (Å²) in [6.45, 7) is 6.54. The summed E-state index contributed by atoms with van der Waals surface area (Å²) in [5.74, 6) is 0.411. The summed E-state index contributed by atoms with van der Waals surface area (Å²) in [6.07, 6.45) is 2.12. The summed E-state index contributed by atoms with van der Waals surface area (Å²) < 4.78 is 30.4. The van der Waals surface area contributed by atoms with E-state index in [4.69, 9.17) is 14.2 Å². The lowest BCUT2D eigenvalue weighted by atomic mass is 10.1. The molecule has 1 aromatic heterocycles. The fourth-order valence-corrected chi connectivity index (χ4v) is 3.86. The molecule has 9 nitrogen and oxygen atoms in total. The largest absolute Gasteiger partial charge is 0.493 e. The highest BCUT2D eigenvalue weighted by atomic mass is 19.1. The van der Waals surface area contributed by atoms with E-state index in [0.29, 0.717) is 59.7 Å². The van der Waals surface area contributed by atoms with Gasteiger partial charge in [-0.3, -0.25) is 4.79 Å². The second kappa shape index (κ2) is 10.3. The second-order valence-corrected chi connectivity index (χ2v) is 9.49. The monoisotopic (exact) mass is 496 g/mol. The number of likely N-dealkylation sites (tertiary alicyclic amines) is 1. The Morgan fingerprint density at radius 3 is 2.39 bits per heavy atom. The normalized spacial score (nSPS) is 14.4. The van der Waals surface area contributed by atoms with Gasteiger partial charge in [-0.1, -0.05) is 0 Å². The Hall–Kier alpha value is -3.95. The lowest BCUT2D eigenvalue weighted by molar-refractivity contribution is 0.0124. The number of amides is 2. The number of piperidine rings is 1. The molecular formula is C26H29FN4O5. The van der Waals surface area contributed by atoms with E-state index in [0.717, 1.165) is 0 Å². The van der Waals surface area contributed by atoms with E-state index < -0.39 is 17.3 Å². The molecule has 0 spiro atoms. The minimum absolute atomic E-state index is 0.142. The van der Waals surface area contributed by atoms with Gasteiger partial charge in [-0.2, -0.15) is 0 Å². The van der Waals surface area contributed by atoms with Crippen LogP contribution < -0.4 is 14.8 Å². The Bertz CT molecular complexity index is 1250. The Kier molecular flexibility index (Phi) is 7.23. The molecule has 190 valence electrons. The molecule has 1 fully saturated rings. The van der Waals surface area contributed by atoms with Crippen molar-refractivity contribution >= 4 is 28.7 Å². The third-order valence-electron chi connectivity index (χ3n) is 5.65. The van der Waals surface area contributed by atoms with Crippen molar-refractivity contribution in [3.8, 4) is 11.5 Å². The number of carbonyl (C=O) groups excluding carboxylic acids is 2. The van der Waals surface area contributed by atoms with Crippen molar-refractivity contribution in [1.82, 2.24) is 14.9 Å². The van der Waals surface area contributed by atoms with Gasteiger partial charge in [-0.15, -0.1) is 0 Å². The molecule has 1 saturated heterocycles. The molecule has 36 heavy (non-hydrogen) atoms. The van der Waals surface area contributed by atoms with E-state index >= 15 is 0 Å². The number of benzene rings is 2. The number of nitrogens with one attached hydrogen (secondary N) is 1. The number of hydrogen-bond acceptors (Lipinski definition) is 7. The Morgan fingerprint density at radius 1 is 1.06 bits per heavy atom. The van der Waals surface area contributed by atoms with Crippen LogP contribution in [0, 0.1) is 5.82 Å². The van der Waals surface area contributed by atoms with Crippen LogP contribution in [-0.4, -0.2) is 58.8 Å². The van der Waals surface area contributed by atoms with Crippen molar-refractivity contribution in [2.24, 2.45) is 0 Å². The first kappa shape index (κ1) is 25.2. The van der Waals surface area contributed by atoms with Crippen LogP contribution in [0.25, 0.3) is 10.9 Å². The quantitative estimate of drug-likeness (QED) is 0.541. The number of fused-ring (bicyclic) bond motifs is 1. The Labute approximate surface area is 208 Å². The van der Waals surface area contributed by atoms with Gasteiger partial charge >= 0.3 is 6.09 Å². The van der Waals surface area contributed by atoms with Gasteiger partial charge in [-0.25, -0.2) is 19.2 Å². The maximum absolute atomic E-state index is 13.2. The van der Waals surface area contributed by atoms with Crippen molar-refractivity contribution in [3.63, 3.8) is 0 Å². The lowest BCUT2D eigenvalue weighted by Crippen LogP contribution is -2.44. The smallest absolute Gasteiger partial charge is 0.410 e. The molecule has 1 aliphatic heterocycles. The molecule has 4 rings (SSSR count). The van der Waals surface area contributed by atoms with Crippen LogP contribution in [0.3, 0.4) is 0 Å². The molecule has 1 N–H and O–H groups in total. The number of halogens is 1. The molecule has 10 heteroatoms. The number of carbonyl (C=O) groups is 2. The number of aromatic nitrogens is 2. The minimum atomic E-state index is -0.547. The molecule has 2 heterocycles. The highest BCUT2D eigenvalue weighted by Crippen LogP contribution is 2.35. The summed E-state index contributed by atoms with van der Waals surface area (Å²) in [7, 11) is 1.54. The van der Waals surface area contributed by atoms with Gasteiger partial charge in [0.2, 0.25) is 0 Å². The van der Waals surface area contributed by atoms with Crippen LogP contribution >= 0.6 is 0 Å². The van der Waals surface area contributed by atoms with E-state index in [-0.39, 0.29) is 12.2 Å². The van der Waals surface area contributed by atoms with Crippen LogP contribution in [0.5, 0.6) is 11.5 Å². The fraction of sp³-hybridized carbons (Fsp3) is 0.385. The molecule has 0 bridgehead atoms. The molecule has 1 aliphatic rings. The minimum Gasteiger partial charge on any atom is -0.493 e. The number of anilines is 1. The lowest BCUT2D eigenvalue weighted by Gasteiger charge is -2.33. The third-order valence-corrected chi connectivity index (χ3v) is 5.65. The summed E-state index contributed by atoms with van der Waals surface area (Å²) in [5.41, 5.74) is 0.308. The number of nitrogens with zero attached hydrogens (tertiary/aromatic N) is 3. The van der Waals surface area contributed by atoms with Gasteiger partial charge in [0, 0.05) is 42.9 Å². The average molecular weight is 497 g/mol. The highest BCUT2D eigenvalue weighted by Gasteiger charge is 2.28. The summed E-state index contributed by atoms with van der Waals surface area (Å²) in [5, 5.41) is 3.32. The summed E-state index contributed by atoms with van der Waals surface area (Å²) >= 11 is 0. The van der Waals surface area contributed by atoms with E-state index in [1.165, 1.54) is 37.7 Å². The second-order valence-electron chi connectivity index (χ2n) is 9.49. The number of ether oxygens (including phenoxy) is 3. The molecule has 2 aromatic carbocycles. The van der Waals surface area contributed by atoms with E-state index in [2.05, 4.69) is 15.3 Å². The Balaban J connectivity index is 1.51. The number of methoxy groups -OCH3 is 1. The third kappa shape index (κ3) is 5.99. The average Bonchev–Trinajstić information content (AvgIpc) is 2.83. The van der Waals surface area contributed by atoms with Gasteiger partial charge in [0.1, 0.15) is 29.7 Å². The van der Waals surface area contributed by atoms with Gasteiger partial charge < -0.3 is 24.4 Å². The first-order valence-electron chi connectivity index (χ1n) is 11.7. The van der Waals surface area contributed by atoms with Crippen molar-refractivity contribution in [3.05, 3.63) is 54.1 Å². The fourth-order valence-electron chi connectivity index (χ4n) is 3.86. The van der Waals surface area contributed by atoms with E-state index in [1.54, 1.807) is 17.0 Å². The first-order chi connectivity index (χ1) is 17.1. The molecule has 0 unspecified atom stereocenters. The van der Waals surface area contributed by atoms with Gasteiger partial charge in [0.25, 0.3) is 5.91 Å². The van der Waals surface area contributed by atoms with Gasteiger partial charge in [-0.05, 0) is 51.1 Å². The van der Waals surface area contributed by atoms with E-state index in [9.17, 15) is 14.0 Å². The van der Waals surface area contributed by atoms with Crippen LogP contribution in [0.1, 0.15) is 44.0 Å². The maximum atomic E-state index is 13.2. The van der Waals surface area contributed by atoms with Crippen LogP contribution in [0.2, 0.25) is 0 Å². The zero-order valence-electron chi connectivity index (χ0n) is 20.7. The van der Waals surface area contributed by atoms with Crippen molar-refractivity contribution in [1.29, 1.82) is 0 Å². The van der Waals surface area contributed by atoms with Crippen molar-refractivity contribution in [2.45, 2.75) is 45.3 Å². The SMILES string of the molecule is COc1cc2ncnc(NC(=O)c3ccc(F)cc3)c2cc1OC1CCN(C(=O)OC(C)(C)C)CC1. The standard InChI is InChI=1S/C26H29FN4O5/c1-26(2,3)36-25(33)31-11-9-18(10-12-31)35-22-13-19-20(14-21(22)34-4)28-15-29-23(19)30-24(32)16-5-7-17(27)8-6-16/h5-8,13-15,18H,9-12H2,1-4H3,(H,28,29,30,32). The molecule has 0 aliphatic carbocycles. The molecule has 3 aromatic rings. The van der Waals surface area contributed by atoms with Crippen LogP contribution in [0.15, 0.2) is 42.7 Å². The zero-order valence-corrected chi connectivity index (χ0v) is 20.7. The molecule has 0 radical (unpaired) electrons. The van der Waals surface area contributed by atoms with Gasteiger partial charge in [0.15, 0.2) is 11.5 Å². The van der Waals surface area contributed by atoms with Crippen LogP contribution in [-0.2, 0) is 4.74 Å². The molecule has 2 amide bonds. The molecule has 0 atom stereocenters. The topological polar surface area (TPSA) is 103 Å². The Morgan fingerprint density at radius 2 is 1.75 bits per heavy atom. The number of rotatable bonds is 5. The highest BCUT2D eigenvalue weighted by molar-refractivity contribution is 6.07. The number of hydrogen-bond donors (Lipinski definition) is 1. The first-order valence-corrected chi connectivity index (χ1v) is 11.7. The molecular weight excluding hydrogens is 467 g/mol. The van der Waals surface area contributed by atoms with Crippen molar-refractivity contribution in [2.75, 3.05) is 25.5 Å². The summed E-state index contributed by atoms with van der Waals surface area (Å²) in [4.78, 5) is 35.2. The molecule has 0 saturated carbocycles. The predicted molar refractivity (Wildman–Crippen MR) is 132 cm³/mol. The maximum Gasteiger partial charge on any atom is 0.410 e.